The van der Waals surface area contributed by atoms with Gasteiger partial charge in [0.25, 0.3) is 5.56 Å². The Balaban J connectivity index is 1.71. The number of benzene rings is 2. The van der Waals surface area contributed by atoms with Crippen molar-refractivity contribution < 1.29 is 0 Å². The standard InChI is InChI=1S/C19H11Cl2N3OS/c20-14-8-7-13(15(21)11-14)10-16-18(25)24-19(26-16)22-17(23-24)9-6-12-4-2-1-3-5-12/h1-11H. The Kier molecular flexibility index (Phi) is 4.59. The van der Waals surface area contributed by atoms with Crippen molar-refractivity contribution in [2.24, 2.45) is 0 Å². The van der Waals surface area contributed by atoms with E-state index in [1.165, 1.54) is 15.9 Å². The molecule has 0 aliphatic carbocycles. The molecule has 2 heterocycles. The molecule has 0 aliphatic heterocycles. The number of nitrogens with zero attached hydrogens (tertiary/aromatic N) is 3. The van der Waals surface area contributed by atoms with Gasteiger partial charge in [-0.2, -0.15) is 9.50 Å². The first-order valence-corrected chi connectivity index (χ1v) is 9.27. The zero-order valence-corrected chi connectivity index (χ0v) is 15.6. The molecular weight excluding hydrogens is 389 g/mol. The lowest BCUT2D eigenvalue weighted by Gasteiger charge is -1.97. The number of thiazole rings is 1. The van der Waals surface area contributed by atoms with Crippen LogP contribution in [0.5, 0.6) is 0 Å². The minimum atomic E-state index is -0.220. The summed E-state index contributed by atoms with van der Waals surface area (Å²) in [6, 6.07) is 15.0. The van der Waals surface area contributed by atoms with Crippen molar-refractivity contribution in [2.75, 3.05) is 0 Å². The van der Waals surface area contributed by atoms with Gasteiger partial charge in [0.05, 0.1) is 4.53 Å². The van der Waals surface area contributed by atoms with Crippen LogP contribution >= 0.6 is 34.5 Å². The maximum absolute atomic E-state index is 12.5. The van der Waals surface area contributed by atoms with Gasteiger partial charge in [0.15, 0.2) is 5.82 Å². The average molecular weight is 400 g/mol. The Morgan fingerprint density at radius 1 is 1.04 bits per heavy atom. The van der Waals surface area contributed by atoms with E-state index in [-0.39, 0.29) is 5.56 Å². The molecule has 0 unspecified atom stereocenters. The molecule has 4 rings (SSSR count). The fourth-order valence-corrected chi connectivity index (χ4v) is 3.78. The van der Waals surface area contributed by atoms with Crippen molar-refractivity contribution in [1.29, 1.82) is 0 Å². The van der Waals surface area contributed by atoms with E-state index in [1.54, 1.807) is 30.4 Å². The second-order valence-electron chi connectivity index (χ2n) is 5.49. The summed E-state index contributed by atoms with van der Waals surface area (Å²) in [5.74, 6) is 0.494. The van der Waals surface area contributed by atoms with Crippen LogP contribution in [0.4, 0.5) is 0 Å². The van der Waals surface area contributed by atoms with Gasteiger partial charge in [-0.05, 0) is 35.4 Å². The summed E-state index contributed by atoms with van der Waals surface area (Å²) in [5, 5.41) is 5.31. The van der Waals surface area contributed by atoms with E-state index in [2.05, 4.69) is 10.1 Å². The Hall–Kier alpha value is -2.47. The monoisotopic (exact) mass is 399 g/mol. The average Bonchev–Trinajstić information content (AvgIpc) is 3.16. The normalized spacial score (nSPS) is 12.5. The highest BCUT2D eigenvalue weighted by Gasteiger charge is 2.09. The van der Waals surface area contributed by atoms with Gasteiger partial charge in [-0.3, -0.25) is 4.79 Å². The van der Waals surface area contributed by atoms with Crippen LogP contribution in [0.2, 0.25) is 10.0 Å². The molecule has 0 radical (unpaired) electrons. The van der Waals surface area contributed by atoms with Crippen molar-refractivity contribution in [1.82, 2.24) is 14.6 Å². The van der Waals surface area contributed by atoms with Crippen LogP contribution in [-0.4, -0.2) is 14.6 Å². The quantitative estimate of drug-likeness (QED) is 0.519. The summed E-state index contributed by atoms with van der Waals surface area (Å²) in [6.07, 6.45) is 5.42. The molecule has 0 spiro atoms. The molecule has 0 saturated carbocycles. The van der Waals surface area contributed by atoms with Gasteiger partial charge in [0, 0.05) is 10.0 Å². The van der Waals surface area contributed by atoms with Crippen molar-refractivity contribution in [3.05, 3.63) is 90.4 Å². The highest BCUT2D eigenvalue weighted by Crippen LogP contribution is 2.21. The minimum absolute atomic E-state index is 0.220. The Labute approximate surface area is 162 Å². The van der Waals surface area contributed by atoms with Crippen molar-refractivity contribution in [2.45, 2.75) is 0 Å². The maximum Gasteiger partial charge on any atom is 0.291 e. The van der Waals surface area contributed by atoms with E-state index in [0.717, 1.165) is 11.1 Å². The molecule has 0 fully saturated rings. The molecule has 2 aromatic heterocycles. The Morgan fingerprint density at radius 2 is 1.85 bits per heavy atom. The maximum atomic E-state index is 12.5. The van der Waals surface area contributed by atoms with Gasteiger partial charge in [0.2, 0.25) is 4.96 Å². The third-order valence-corrected chi connectivity index (χ3v) is 5.19. The number of fused-ring (bicyclic) bond motifs is 1. The summed E-state index contributed by atoms with van der Waals surface area (Å²) in [5.41, 5.74) is 1.55. The van der Waals surface area contributed by atoms with E-state index in [1.807, 2.05) is 36.4 Å². The third kappa shape index (κ3) is 3.42. The third-order valence-electron chi connectivity index (χ3n) is 3.67. The van der Waals surface area contributed by atoms with Gasteiger partial charge in [-0.15, -0.1) is 5.10 Å². The van der Waals surface area contributed by atoms with Gasteiger partial charge in [0.1, 0.15) is 0 Å². The molecular formula is C19H11Cl2N3OS. The SMILES string of the molecule is O=c1c(=Cc2ccc(Cl)cc2Cl)sc2nc(C=Cc3ccccc3)nn12. The molecule has 2 aromatic carbocycles. The molecule has 0 N–H and O–H groups in total. The fraction of sp³-hybridized carbons (Fsp3) is 0. The highest BCUT2D eigenvalue weighted by molar-refractivity contribution is 7.15. The van der Waals surface area contributed by atoms with Crippen LogP contribution < -0.4 is 10.1 Å². The topological polar surface area (TPSA) is 47.3 Å². The second kappa shape index (κ2) is 7.03. The Morgan fingerprint density at radius 3 is 2.58 bits per heavy atom. The minimum Gasteiger partial charge on any atom is -0.266 e. The fourth-order valence-electron chi connectivity index (χ4n) is 2.41. The number of aromatic nitrogens is 3. The van der Waals surface area contributed by atoms with Gasteiger partial charge < -0.3 is 0 Å². The largest absolute Gasteiger partial charge is 0.291 e. The van der Waals surface area contributed by atoms with Crippen LogP contribution in [0.3, 0.4) is 0 Å². The van der Waals surface area contributed by atoms with Crippen molar-refractivity contribution in [3.63, 3.8) is 0 Å². The van der Waals surface area contributed by atoms with Gasteiger partial charge in [-0.1, -0.05) is 77.0 Å². The summed E-state index contributed by atoms with van der Waals surface area (Å²) in [7, 11) is 0. The molecule has 0 atom stereocenters. The van der Waals surface area contributed by atoms with E-state index >= 15 is 0 Å². The summed E-state index contributed by atoms with van der Waals surface area (Å²) in [6.45, 7) is 0. The smallest absolute Gasteiger partial charge is 0.266 e. The van der Waals surface area contributed by atoms with E-state index < -0.39 is 0 Å². The van der Waals surface area contributed by atoms with E-state index in [9.17, 15) is 4.79 Å². The second-order valence-corrected chi connectivity index (χ2v) is 7.34. The van der Waals surface area contributed by atoms with Gasteiger partial charge in [-0.25, -0.2) is 0 Å². The van der Waals surface area contributed by atoms with Crippen molar-refractivity contribution >= 4 is 57.7 Å². The molecule has 26 heavy (non-hydrogen) atoms. The molecule has 7 heteroatoms. The molecule has 0 bridgehead atoms. The molecule has 0 saturated heterocycles. The first-order valence-electron chi connectivity index (χ1n) is 7.70. The van der Waals surface area contributed by atoms with Crippen molar-refractivity contribution in [3.8, 4) is 0 Å². The van der Waals surface area contributed by atoms with E-state index in [0.29, 0.717) is 25.4 Å². The number of rotatable bonds is 3. The number of hydrogen-bond acceptors (Lipinski definition) is 4. The molecule has 4 aromatic rings. The number of halogens is 2. The predicted molar refractivity (Wildman–Crippen MR) is 108 cm³/mol. The lowest BCUT2D eigenvalue weighted by molar-refractivity contribution is 0.925. The predicted octanol–water partition coefficient (Wildman–Crippen LogP) is 4.18. The summed E-state index contributed by atoms with van der Waals surface area (Å²) < 4.78 is 1.83. The first-order chi connectivity index (χ1) is 12.6. The zero-order valence-electron chi connectivity index (χ0n) is 13.3. The summed E-state index contributed by atoms with van der Waals surface area (Å²) in [4.78, 5) is 17.5. The molecule has 4 nitrogen and oxygen atoms in total. The first kappa shape index (κ1) is 17.0. The molecule has 0 aliphatic rings. The molecule has 0 amide bonds. The van der Waals surface area contributed by atoms with Crippen LogP contribution in [0, 0.1) is 0 Å². The van der Waals surface area contributed by atoms with Gasteiger partial charge >= 0.3 is 0 Å². The van der Waals surface area contributed by atoms with Crippen LogP contribution in [0.25, 0.3) is 23.2 Å². The van der Waals surface area contributed by atoms with Crippen LogP contribution in [0.15, 0.2) is 53.3 Å². The summed E-state index contributed by atoms with van der Waals surface area (Å²) >= 11 is 13.3. The van der Waals surface area contributed by atoms with E-state index in [4.69, 9.17) is 23.2 Å². The highest BCUT2D eigenvalue weighted by atomic mass is 35.5. The van der Waals surface area contributed by atoms with Crippen LogP contribution in [0.1, 0.15) is 17.0 Å². The lowest BCUT2D eigenvalue weighted by atomic mass is 10.2. The Bertz CT molecular complexity index is 1230. The number of hydrogen-bond donors (Lipinski definition) is 0. The van der Waals surface area contributed by atoms with Crippen LogP contribution in [-0.2, 0) is 0 Å². The zero-order chi connectivity index (χ0) is 18.1. The molecule has 128 valence electrons. The lowest BCUT2D eigenvalue weighted by Crippen LogP contribution is -2.23.